The summed E-state index contributed by atoms with van der Waals surface area (Å²) in [5.74, 6) is -0.0312. The third-order valence-corrected chi connectivity index (χ3v) is 4.11. The van der Waals surface area contributed by atoms with E-state index in [2.05, 4.69) is 15.9 Å². The third kappa shape index (κ3) is 2.14. The molecule has 2 rings (SSSR count). The average molecular weight is 302 g/mol. The van der Waals surface area contributed by atoms with Gasteiger partial charge in [-0.15, -0.1) is 11.3 Å². The molecule has 0 N–H and O–H groups in total. The van der Waals surface area contributed by atoms with Crippen LogP contribution in [-0.2, 0) is 0 Å². The fourth-order valence-corrected chi connectivity index (χ4v) is 2.48. The van der Waals surface area contributed by atoms with Gasteiger partial charge in [0.25, 0.3) is 0 Å². The minimum atomic E-state index is -0.0312. The van der Waals surface area contributed by atoms with Crippen LogP contribution in [0.1, 0.15) is 15.2 Å². The highest BCUT2D eigenvalue weighted by Gasteiger charge is 2.14. The summed E-state index contributed by atoms with van der Waals surface area (Å²) in [6, 6.07) is 8.99. The summed E-state index contributed by atoms with van der Waals surface area (Å²) in [6.07, 6.45) is 0. The van der Waals surface area contributed by atoms with Crippen LogP contribution < -0.4 is 0 Å². The lowest BCUT2D eigenvalue weighted by atomic mass is 10.1. The van der Waals surface area contributed by atoms with E-state index >= 15 is 0 Å². The van der Waals surface area contributed by atoms with Crippen molar-refractivity contribution in [2.24, 2.45) is 0 Å². The van der Waals surface area contributed by atoms with Gasteiger partial charge in [-0.2, -0.15) is 0 Å². The van der Waals surface area contributed by atoms with E-state index in [0.717, 1.165) is 4.47 Å². The number of carbonyl (C=O) groups excluding carboxylic acids is 1. The molecule has 0 aliphatic heterocycles. The summed E-state index contributed by atoms with van der Waals surface area (Å²) in [6.45, 7) is 0. The molecular formula is C11H6BrClOS. The number of hydrogen-bond donors (Lipinski definition) is 0. The lowest BCUT2D eigenvalue weighted by molar-refractivity contribution is 0.104. The van der Waals surface area contributed by atoms with Crippen molar-refractivity contribution in [1.29, 1.82) is 0 Å². The van der Waals surface area contributed by atoms with Gasteiger partial charge in [0.15, 0.2) is 0 Å². The maximum atomic E-state index is 12.0. The molecule has 0 bridgehead atoms. The van der Waals surface area contributed by atoms with Crippen molar-refractivity contribution >= 4 is 44.7 Å². The van der Waals surface area contributed by atoms with Crippen molar-refractivity contribution in [1.82, 2.24) is 0 Å². The molecular weight excluding hydrogens is 296 g/mol. The van der Waals surface area contributed by atoms with Gasteiger partial charge in [-0.1, -0.05) is 23.7 Å². The smallest absolute Gasteiger partial charge is 0.204 e. The van der Waals surface area contributed by atoms with Crippen molar-refractivity contribution in [3.63, 3.8) is 0 Å². The quantitative estimate of drug-likeness (QED) is 0.752. The molecule has 0 aliphatic carbocycles. The Morgan fingerprint density at radius 1 is 1.27 bits per heavy atom. The first kappa shape index (κ1) is 10.9. The Balaban J connectivity index is 2.47. The van der Waals surface area contributed by atoms with Crippen LogP contribution in [0.3, 0.4) is 0 Å². The summed E-state index contributed by atoms with van der Waals surface area (Å²) in [7, 11) is 0. The van der Waals surface area contributed by atoms with E-state index < -0.39 is 0 Å². The monoisotopic (exact) mass is 300 g/mol. The minimum Gasteiger partial charge on any atom is -0.288 e. The average Bonchev–Trinajstić information content (AvgIpc) is 2.74. The van der Waals surface area contributed by atoms with Crippen LogP contribution in [0.15, 0.2) is 40.2 Å². The first-order valence-electron chi connectivity index (χ1n) is 4.22. The third-order valence-electron chi connectivity index (χ3n) is 1.94. The Bertz CT molecular complexity index is 493. The van der Waals surface area contributed by atoms with E-state index in [4.69, 9.17) is 11.6 Å². The first-order valence-corrected chi connectivity index (χ1v) is 6.27. The number of carbonyl (C=O) groups is 1. The van der Waals surface area contributed by atoms with Crippen molar-refractivity contribution in [2.75, 3.05) is 0 Å². The molecule has 1 nitrogen and oxygen atoms in total. The van der Waals surface area contributed by atoms with Gasteiger partial charge in [-0.05, 0) is 39.5 Å². The number of ketones is 1. The van der Waals surface area contributed by atoms with Crippen LogP contribution in [0.25, 0.3) is 0 Å². The first-order chi connectivity index (χ1) is 7.20. The molecule has 1 aromatic carbocycles. The zero-order valence-corrected chi connectivity index (χ0v) is 10.7. The SMILES string of the molecule is O=C(c1cccs1)c1cccc(Br)c1Cl. The summed E-state index contributed by atoms with van der Waals surface area (Å²) >= 11 is 10.8. The maximum absolute atomic E-state index is 12.0. The van der Waals surface area contributed by atoms with Gasteiger partial charge < -0.3 is 0 Å². The van der Waals surface area contributed by atoms with Crippen molar-refractivity contribution < 1.29 is 4.79 Å². The second-order valence-electron chi connectivity index (χ2n) is 2.91. The molecule has 0 atom stereocenters. The normalized spacial score (nSPS) is 10.3. The molecule has 0 saturated carbocycles. The highest BCUT2D eigenvalue weighted by atomic mass is 79.9. The van der Waals surface area contributed by atoms with E-state index in [-0.39, 0.29) is 5.78 Å². The predicted octanol–water partition coefficient (Wildman–Crippen LogP) is 4.40. The van der Waals surface area contributed by atoms with Crippen molar-refractivity contribution in [3.8, 4) is 0 Å². The van der Waals surface area contributed by atoms with Crippen molar-refractivity contribution in [2.45, 2.75) is 0 Å². The number of hydrogen-bond acceptors (Lipinski definition) is 2. The standard InChI is InChI=1S/C11H6BrClOS/c12-8-4-1-3-7(10(8)13)11(14)9-5-2-6-15-9/h1-6H. The highest BCUT2D eigenvalue weighted by Crippen LogP contribution is 2.28. The fraction of sp³-hybridized carbons (Fsp3) is 0. The Morgan fingerprint density at radius 3 is 2.73 bits per heavy atom. The Kier molecular flexibility index (Phi) is 3.24. The lowest BCUT2D eigenvalue weighted by Crippen LogP contribution is -1.99. The van der Waals surface area contributed by atoms with Gasteiger partial charge in [0.2, 0.25) is 5.78 Å². The number of benzene rings is 1. The molecule has 76 valence electrons. The molecule has 0 unspecified atom stereocenters. The molecule has 1 heterocycles. The molecule has 0 aliphatic rings. The van der Waals surface area contributed by atoms with Crippen LogP contribution in [-0.4, -0.2) is 5.78 Å². The van der Waals surface area contributed by atoms with Crippen LogP contribution >= 0.6 is 38.9 Å². The van der Waals surface area contributed by atoms with Crippen LogP contribution in [0.4, 0.5) is 0 Å². The zero-order chi connectivity index (χ0) is 10.8. The maximum Gasteiger partial charge on any atom is 0.204 e. The molecule has 0 saturated heterocycles. The summed E-state index contributed by atoms with van der Waals surface area (Å²) in [5.41, 5.74) is 0.536. The summed E-state index contributed by atoms with van der Waals surface area (Å²) < 4.78 is 0.742. The summed E-state index contributed by atoms with van der Waals surface area (Å²) in [5, 5.41) is 2.34. The molecule has 2 aromatic rings. The number of halogens is 2. The topological polar surface area (TPSA) is 17.1 Å². The van der Waals surface area contributed by atoms with Crippen LogP contribution in [0.2, 0.25) is 5.02 Å². The lowest BCUT2D eigenvalue weighted by Gasteiger charge is -2.02. The van der Waals surface area contributed by atoms with Crippen LogP contribution in [0, 0.1) is 0 Å². The van der Waals surface area contributed by atoms with Crippen molar-refractivity contribution in [3.05, 3.63) is 55.6 Å². The second-order valence-corrected chi connectivity index (χ2v) is 5.09. The van der Waals surface area contributed by atoms with E-state index in [1.54, 1.807) is 18.2 Å². The van der Waals surface area contributed by atoms with Crippen LogP contribution in [0.5, 0.6) is 0 Å². The molecule has 0 spiro atoms. The van der Waals surface area contributed by atoms with Gasteiger partial charge >= 0.3 is 0 Å². The largest absolute Gasteiger partial charge is 0.288 e. The summed E-state index contributed by atoms with van der Waals surface area (Å²) in [4.78, 5) is 12.7. The van der Waals surface area contributed by atoms with E-state index in [0.29, 0.717) is 15.5 Å². The van der Waals surface area contributed by atoms with Gasteiger partial charge in [0.05, 0.1) is 9.90 Å². The molecule has 4 heteroatoms. The Morgan fingerprint density at radius 2 is 2.07 bits per heavy atom. The van der Waals surface area contributed by atoms with Gasteiger partial charge in [-0.25, -0.2) is 0 Å². The Labute approximate surface area is 105 Å². The number of thiophene rings is 1. The van der Waals surface area contributed by atoms with E-state index in [1.165, 1.54) is 11.3 Å². The van der Waals surface area contributed by atoms with Gasteiger partial charge in [0, 0.05) is 10.0 Å². The molecule has 0 amide bonds. The molecule has 0 fully saturated rings. The van der Waals surface area contributed by atoms with Gasteiger partial charge in [0.1, 0.15) is 0 Å². The van der Waals surface area contributed by atoms with E-state index in [1.807, 2.05) is 17.5 Å². The predicted molar refractivity (Wildman–Crippen MR) is 66.9 cm³/mol. The molecule has 1 aromatic heterocycles. The van der Waals surface area contributed by atoms with Gasteiger partial charge in [-0.3, -0.25) is 4.79 Å². The molecule has 15 heavy (non-hydrogen) atoms. The minimum absolute atomic E-state index is 0.0312. The second kappa shape index (κ2) is 4.47. The molecule has 0 radical (unpaired) electrons. The highest BCUT2D eigenvalue weighted by molar-refractivity contribution is 9.10. The number of rotatable bonds is 2. The Hall–Kier alpha value is -0.640. The zero-order valence-electron chi connectivity index (χ0n) is 7.54. The van der Waals surface area contributed by atoms with E-state index in [9.17, 15) is 4.79 Å². The fourth-order valence-electron chi connectivity index (χ4n) is 1.22.